The molecular formula is C11H17NO3S. The number of benzene rings is 1. The topological polar surface area (TPSA) is 46.6 Å². The fourth-order valence-electron chi connectivity index (χ4n) is 1.22. The Hall–Kier alpha value is -0.910. The molecule has 0 aromatic heterocycles. The zero-order valence-corrected chi connectivity index (χ0v) is 10.6. The molecule has 0 amide bonds. The van der Waals surface area contributed by atoms with Crippen LogP contribution in [0.15, 0.2) is 29.2 Å². The molecule has 0 saturated heterocycles. The number of hydroxylamine groups is 2. The van der Waals surface area contributed by atoms with Crippen LogP contribution >= 0.6 is 0 Å². The molecule has 0 aliphatic carbocycles. The summed E-state index contributed by atoms with van der Waals surface area (Å²) in [6.07, 6.45) is 0. The van der Waals surface area contributed by atoms with Crippen molar-refractivity contribution in [2.45, 2.75) is 25.7 Å². The largest absolute Gasteiger partial charge is 0.313 e. The van der Waals surface area contributed by atoms with Crippen molar-refractivity contribution < 1.29 is 12.7 Å². The van der Waals surface area contributed by atoms with Crippen molar-refractivity contribution in [2.75, 3.05) is 13.1 Å². The van der Waals surface area contributed by atoms with E-state index in [2.05, 4.69) is 0 Å². The van der Waals surface area contributed by atoms with Crippen LogP contribution in [0.25, 0.3) is 0 Å². The minimum absolute atomic E-state index is 0.185. The lowest BCUT2D eigenvalue weighted by atomic mass is 10.2. The summed E-state index contributed by atoms with van der Waals surface area (Å²) >= 11 is 0. The van der Waals surface area contributed by atoms with Crippen LogP contribution in [0.4, 0.5) is 0 Å². The predicted molar refractivity (Wildman–Crippen MR) is 62.4 cm³/mol. The van der Waals surface area contributed by atoms with Gasteiger partial charge in [-0.05, 0) is 19.1 Å². The third-order valence-corrected chi connectivity index (χ3v) is 3.48. The number of hydrogen-bond donors (Lipinski definition) is 0. The van der Waals surface area contributed by atoms with Crippen LogP contribution in [-0.4, -0.2) is 26.6 Å². The predicted octanol–water partition coefficient (Wildman–Crippen LogP) is 1.96. The molecule has 4 nitrogen and oxygen atoms in total. The van der Waals surface area contributed by atoms with Crippen molar-refractivity contribution >= 4 is 10.1 Å². The van der Waals surface area contributed by atoms with E-state index in [-0.39, 0.29) is 4.90 Å². The van der Waals surface area contributed by atoms with E-state index >= 15 is 0 Å². The Bertz CT molecular complexity index is 421. The molecule has 0 bridgehead atoms. The summed E-state index contributed by atoms with van der Waals surface area (Å²) in [4.78, 5) is 0.185. The average Bonchev–Trinajstić information content (AvgIpc) is 2.26. The molecule has 5 heteroatoms. The Morgan fingerprint density at radius 1 is 1.12 bits per heavy atom. The van der Waals surface area contributed by atoms with Gasteiger partial charge in [-0.3, -0.25) is 0 Å². The molecule has 0 aliphatic heterocycles. The standard InChI is InChI=1S/C11H17NO3S/c1-4-12(5-2)15-16(13,14)11-8-6-10(3)7-9-11/h6-9H,4-5H2,1-3H3. The summed E-state index contributed by atoms with van der Waals surface area (Å²) in [5, 5.41) is 1.40. The lowest BCUT2D eigenvalue weighted by Gasteiger charge is -2.16. The smallest absolute Gasteiger partial charge is 0.192 e. The highest BCUT2D eigenvalue weighted by atomic mass is 32.2. The molecule has 16 heavy (non-hydrogen) atoms. The quantitative estimate of drug-likeness (QED) is 0.742. The number of hydrogen-bond acceptors (Lipinski definition) is 4. The van der Waals surface area contributed by atoms with Crippen molar-refractivity contribution in [3.05, 3.63) is 29.8 Å². The fraction of sp³-hybridized carbons (Fsp3) is 0.455. The molecule has 0 unspecified atom stereocenters. The Balaban J connectivity index is 2.89. The molecule has 1 rings (SSSR count). The molecule has 0 fully saturated rings. The number of nitrogens with zero attached hydrogens (tertiary/aromatic N) is 1. The zero-order valence-electron chi connectivity index (χ0n) is 9.80. The first-order chi connectivity index (χ1) is 7.49. The molecule has 0 radical (unpaired) electrons. The Labute approximate surface area is 96.9 Å². The van der Waals surface area contributed by atoms with E-state index in [1.54, 1.807) is 24.3 Å². The van der Waals surface area contributed by atoms with Gasteiger partial charge in [-0.2, -0.15) is 17.8 Å². The van der Waals surface area contributed by atoms with Gasteiger partial charge in [-0.1, -0.05) is 31.5 Å². The maximum Gasteiger partial charge on any atom is 0.313 e. The first-order valence-corrected chi connectivity index (χ1v) is 6.66. The highest BCUT2D eigenvalue weighted by Gasteiger charge is 2.18. The minimum atomic E-state index is -3.67. The van der Waals surface area contributed by atoms with Gasteiger partial charge in [0, 0.05) is 13.1 Å². The fourth-order valence-corrected chi connectivity index (χ4v) is 2.26. The summed E-state index contributed by atoms with van der Waals surface area (Å²) in [6.45, 7) is 6.65. The summed E-state index contributed by atoms with van der Waals surface area (Å²) in [5.74, 6) is 0. The molecule has 0 spiro atoms. The van der Waals surface area contributed by atoms with Gasteiger partial charge >= 0.3 is 10.1 Å². The van der Waals surface area contributed by atoms with E-state index in [9.17, 15) is 8.42 Å². The zero-order chi connectivity index (χ0) is 12.2. The van der Waals surface area contributed by atoms with Crippen LogP contribution in [0.3, 0.4) is 0 Å². The maximum atomic E-state index is 11.8. The van der Waals surface area contributed by atoms with Gasteiger partial charge < -0.3 is 0 Å². The molecule has 0 heterocycles. The monoisotopic (exact) mass is 243 g/mol. The normalized spacial score (nSPS) is 12.0. The van der Waals surface area contributed by atoms with Crippen LogP contribution in [0.2, 0.25) is 0 Å². The van der Waals surface area contributed by atoms with Gasteiger partial charge in [0.15, 0.2) is 0 Å². The van der Waals surface area contributed by atoms with Crippen molar-refractivity contribution in [1.82, 2.24) is 5.06 Å². The maximum absolute atomic E-state index is 11.8. The Morgan fingerprint density at radius 2 is 1.62 bits per heavy atom. The van der Waals surface area contributed by atoms with E-state index in [1.165, 1.54) is 5.06 Å². The molecule has 0 aliphatic rings. The summed E-state index contributed by atoms with van der Waals surface area (Å²) in [6, 6.07) is 6.60. The van der Waals surface area contributed by atoms with Gasteiger partial charge in [-0.15, -0.1) is 0 Å². The van der Waals surface area contributed by atoms with Crippen molar-refractivity contribution in [1.29, 1.82) is 0 Å². The highest BCUT2D eigenvalue weighted by Crippen LogP contribution is 2.14. The van der Waals surface area contributed by atoms with Crippen molar-refractivity contribution in [3.63, 3.8) is 0 Å². The van der Waals surface area contributed by atoms with E-state index < -0.39 is 10.1 Å². The second-order valence-corrected chi connectivity index (χ2v) is 4.98. The van der Waals surface area contributed by atoms with Gasteiger partial charge in [0.2, 0.25) is 0 Å². The van der Waals surface area contributed by atoms with Crippen LogP contribution < -0.4 is 0 Å². The molecule has 1 aromatic rings. The molecule has 0 saturated carbocycles. The van der Waals surface area contributed by atoms with E-state index in [0.29, 0.717) is 13.1 Å². The number of rotatable bonds is 5. The second kappa shape index (κ2) is 5.43. The molecule has 1 aromatic carbocycles. The average molecular weight is 243 g/mol. The minimum Gasteiger partial charge on any atom is -0.192 e. The van der Waals surface area contributed by atoms with E-state index in [1.807, 2.05) is 20.8 Å². The molecule has 0 N–H and O–H groups in total. The summed E-state index contributed by atoms with van der Waals surface area (Å²) in [5.41, 5.74) is 1.02. The van der Waals surface area contributed by atoms with Crippen LogP contribution in [0.5, 0.6) is 0 Å². The first-order valence-electron chi connectivity index (χ1n) is 5.25. The lowest BCUT2D eigenvalue weighted by molar-refractivity contribution is -0.0413. The third-order valence-electron chi connectivity index (χ3n) is 2.22. The first kappa shape index (κ1) is 13.2. The van der Waals surface area contributed by atoms with Gasteiger partial charge in [-0.25, -0.2) is 0 Å². The van der Waals surface area contributed by atoms with Crippen LogP contribution in [0, 0.1) is 6.92 Å². The van der Waals surface area contributed by atoms with E-state index in [4.69, 9.17) is 4.28 Å². The van der Waals surface area contributed by atoms with Crippen molar-refractivity contribution in [3.8, 4) is 0 Å². The Morgan fingerprint density at radius 3 is 2.06 bits per heavy atom. The number of aryl methyl sites for hydroxylation is 1. The van der Waals surface area contributed by atoms with Gasteiger partial charge in [0.25, 0.3) is 0 Å². The molecular weight excluding hydrogens is 226 g/mol. The molecule has 0 atom stereocenters. The summed E-state index contributed by atoms with van der Waals surface area (Å²) < 4.78 is 28.6. The second-order valence-electron chi connectivity index (χ2n) is 3.46. The lowest BCUT2D eigenvalue weighted by Crippen LogP contribution is -2.27. The highest BCUT2D eigenvalue weighted by molar-refractivity contribution is 7.86. The van der Waals surface area contributed by atoms with Gasteiger partial charge in [0.1, 0.15) is 0 Å². The van der Waals surface area contributed by atoms with Crippen LogP contribution in [-0.2, 0) is 14.4 Å². The van der Waals surface area contributed by atoms with E-state index in [0.717, 1.165) is 5.56 Å². The molecule has 90 valence electrons. The summed E-state index contributed by atoms with van der Waals surface area (Å²) in [7, 11) is -3.67. The SMILES string of the molecule is CCN(CC)OS(=O)(=O)c1ccc(C)cc1. The van der Waals surface area contributed by atoms with Gasteiger partial charge in [0.05, 0.1) is 4.90 Å². The third kappa shape index (κ3) is 3.30. The Kier molecular flexibility index (Phi) is 4.46. The van der Waals surface area contributed by atoms with Crippen LogP contribution in [0.1, 0.15) is 19.4 Å². The van der Waals surface area contributed by atoms with Crippen molar-refractivity contribution in [2.24, 2.45) is 0 Å².